The molecule has 0 bridgehead atoms. The Balaban J connectivity index is 1.90. The third kappa shape index (κ3) is 3.15. The van der Waals surface area contributed by atoms with E-state index in [1.807, 2.05) is 25.1 Å². The Labute approximate surface area is 140 Å². The normalized spacial score (nSPS) is 14.3. The van der Waals surface area contributed by atoms with Crippen molar-refractivity contribution in [3.05, 3.63) is 47.8 Å². The second kappa shape index (κ2) is 6.43. The van der Waals surface area contributed by atoms with E-state index in [4.69, 9.17) is 5.11 Å². The molecule has 1 unspecified atom stereocenters. The van der Waals surface area contributed by atoms with Gasteiger partial charge in [-0.15, -0.1) is 0 Å². The standard InChI is InChI=1S/C19H20N2O3/c1-12(7-19(23)24)16-9-17(11-20-10-16)14-3-4-18-15(8-14)5-6-21(18)13(2)22/h3-4,8-12H,5-7H2,1-2H3,(H,23,24). The van der Waals surface area contributed by atoms with Crippen LogP contribution in [-0.4, -0.2) is 28.5 Å². The maximum atomic E-state index is 11.6. The Morgan fingerprint density at radius 2 is 2.04 bits per heavy atom. The van der Waals surface area contributed by atoms with Crippen molar-refractivity contribution >= 4 is 17.6 Å². The molecular formula is C19H20N2O3. The Hall–Kier alpha value is -2.69. The van der Waals surface area contributed by atoms with Gasteiger partial charge in [-0.3, -0.25) is 14.6 Å². The minimum atomic E-state index is -0.810. The summed E-state index contributed by atoms with van der Waals surface area (Å²) in [4.78, 5) is 28.6. The molecule has 0 saturated carbocycles. The average Bonchev–Trinajstić information content (AvgIpc) is 2.97. The molecule has 0 saturated heterocycles. The number of pyridine rings is 1. The molecule has 1 amide bonds. The van der Waals surface area contributed by atoms with Gasteiger partial charge in [0.25, 0.3) is 0 Å². The topological polar surface area (TPSA) is 70.5 Å². The average molecular weight is 324 g/mol. The van der Waals surface area contributed by atoms with Crippen molar-refractivity contribution in [1.82, 2.24) is 4.98 Å². The summed E-state index contributed by atoms with van der Waals surface area (Å²) in [6, 6.07) is 8.07. The van der Waals surface area contributed by atoms with Gasteiger partial charge < -0.3 is 10.0 Å². The third-order valence-corrected chi connectivity index (χ3v) is 4.50. The summed E-state index contributed by atoms with van der Waals surface area (Å²) in [5.74, 6) is -0.833. The van der Waals surface area contributed by atoms with Gasteiger partial charge in [0.2, 0.25) is 5.91 Å². The van der Waals surface area contributed by atoms with E-state index in [2.05, 4.69) is 11.1 Å². The largest absolute Gasteiger partial charge is 0.481 e. The fourth-order valence-electron chi connectivity index (χ4n) is 3.17. The minimum absolute atomic E-state index is 0.0626. The number of carbonyl (C=O) groups excluding carboxylic acids is 1. The summed E-state index contributed by atoms with van der Waals surface area (Å²) in [6.07, 6.45) is 4.45. The van der Waals surface area contributed by atoms with E-state index in [1.54, 1.807) is 24.2 Å². The first-order valence-corrected chi connectivity index (χ1v) is 8.04. The number of aromatic nitrogens is 1. The van der Waals surface area contributed by atoms with Gasteiger partial charge in [0.1, 0.15) is 0 Å². The molecule has 1 aliphatic rings. The lowest BCUT2D eigenvalue weighted by atomic mass is 9.96. The van der Waals surface area contributed by atoms with Crippen LogP contribution in [0.1, 0.15) is 37.3 Å². The van der Waals surface area contributed by atoms with E-state index in [9.17, 15) is 9.59 Å². The predicted octanol–water partition coefficient (Wildman–Crippen LogP) is 3.24. The van der Waals surface area contributed by atoms with Crippen LogP contribution in [0.4, 0.5) is 5.69 Å². The highest BCUT2D eigenvalue weighted by Crippen LogP contribution is 2.33. The number of benzene rings is 1. The van der Waals surface area contributed by atoms with Crippen LogP contribution in [0.3, 0.4) is 0 Å². The van der Waals surface area contributed by atoms with E-state index < -0.39 is 5.97 Å². The van der Waals surface area contributed by atoms with Crippen LogP contribution in [0.2, 0.25) is 0 Å². The summed E-state index contributed by atoms with van der Waals surface area (Å²) >= 11 is 0. The lowest BCUT2D eigenvalue weighted by Crippen LogP contribution is -2.25. The molecule has 24 heavy (non-hydrogen) atoms. The van der Waals surface area contributed by atoms with Crippen LogP contribution in [0.15, 0.2) is 36.7 Å². The highest BCUT2D eigenvalue weighted by atomic mass is 16.4. The van der Waals surface area contributed by atoms with Crippen molar-refractivity contribution in [2.45, 2.75) is 32.6 Å². The van der Waals surface area contributed by atoms with Crippen molar-refractivity contribution in [3.8, 4) is 11.1 Å². The first-order valence-electron chi connectivity index (χ1n) is 8.04. The molecule has 1 atom stereocenters. The number of amides is 1. The molecular weight excluding hydrogens is 304 g/mol. The Morgan fingerprint density at radius 1 is 1.25 bits per heavy atom. The molecule has 0 fully saturated rings. The number of carboxylic acids is 1. The highest BCUT2D eigenvalue weighted by Gasteiger charge is 2.22. The SMILES string of the molecule is CC(=O)N1CCc2cc(-c3cncc(C(C)CC(=O)O)c3)ccc21. The zero-order valence-corrected chi connectivity index (χ0v) is 13.8. The summed E-state index contributed by atoms with van der Waals surface area (Å²) < 4.78 is 0. The molecule has 0 radical (unpaired) electrons. The fourth-order valence-corrected chi connectivity index (χ4v) is 3.17. The first kappa shape index (κ1) is 16.2. The second-order valence-electron chi connectivity index (χ2n) is 6.27. The van der Waals surface area contributed by atoms with E-state index >= 15 is 0 Å². The van der Waals surface area contributed by atoms with Gasteiger partial charge >= 0.3 is 5.97 Å². The van der Waals surface area contributed by atoms with Crippen LogP contribution in [-0.2, 0) is 16.0 Å². The zero-order chi connectivity index (χ0) is 17.3. The number of hydrogen-bond acceptors (Lipinski definition) is 3. The summed E-state index contributed by atoms with van der Waals surface area (Å²) in [7, 11) is 0. The quantitative estimate of drug-likeness (QED) is 0.937. The molecule has 1 N–H and O–H groups in total. The van der Waals surface area contributed by atoms with E-state index in [1.165, 1.54) is 0 Å². The molecule has 124 valence electrons. The molecule has 0 aliphatic carbocycles. The number of nitrogens with zero attached hydrogens (tertiary/aromatic N) is 2. The van der Waals surface area contributed by atoms with Crippen LogP contribution >= 0.6 is 0 Å². The second-order valence-corrected chi connectivity index (χ2v) is 6.27. The molecule has 1 aliphatic heterocycles. The van der Waals surface area contributed by atoms with Gasteiger partial charge in [-0.2, -0.15) is 0 Å². The number of rotatable bonds is 4. The van der Waals surface area contributed by atoms with Gasteiger partial charge in [0, 0.05) is 37.1 Å². The Bertz CT molecular complexity index is 801. The van der Waals surface area contributed by atoms with Crippen LogP contribution in [0.25, 0.3) is 11.1 Å². The summed E-state index contributed by atoms with van der Waals surface area (Å²) in [6.45, 7) is 4.20. The number of hydrogen-bond donors (Lipinski definition) is 1. The number of aliphatic carboxylic acids is 1. The lowest BCUT2D eigenvalue weighted by molar-refractivity contribution is -0.137. The molecule has 0 spiro atoms. The molecule has 1 aromatic heterocycles. The number of fused-ring (bicyclic) bond motifs is 1. The van der Waals surface area contributed by atoms with E-state index in [0.29, 0.717) is 0 Å². The number of carbonyl (C=O) groups is 2. The lowest BCUT2D eigenvalue weighted by Gasteiger charge is -2.15. The minimum Gasteiger partial charge on any atom is -0.481 e. The summed E-state index contributed by atoms with van der Waals surface area (Å²) in [5, 5.41) is 8.95. The van der Waals surface area contributed by atoms with Crippen molar-refractivity contribution < 1.29 is 14.7 Å². The van der Waals surface area contributed by atoms with Crippen molar-refractivity contribution in [3.63, 3.8) is 0 Å². The van der Waals surface area contributed by atoms with E-state index in [-0.39, 0.29) is 18.2 Å². The maximum Gasteiger partial charge on any atom is 0.303 e. The number of anilines is 1. The fraction of sp³-hybridized carbons (Fsp3) is 0.316. The van der Waals surface area contributed by atoms with Gasteiger partial charge in [-0.25, -0.2) is 0 Å². The molecule has 1 aromatic carbocycles. The molecule has 3 rings (SSSR count). The maximum absolute atomic E-state index is 11.6. The van der Waals surface area contributed by atoms with E-state index in [0.717, 1.165) is 40.9 Å². The van der Waals surface area contributed by atoms with Gasteiger partial charge in [-0.05, 0) is 47.2 Å². The van der Waals surface area contributed by atoms with Crippen molar-refractivity contribution in [1.29, 1.82) is 0 Å². The highest BCUT2D eigenvalue weighted by molar-refractivity contribution is 5.94. The van der Waals surface area contributed by atoms with Gasteiger partial charge in [0.05, 0.1) is 6.42 Å². The monoisotopic (exact) mass is 324 g/mol. The predicted molar refractivity (Wildman–Crippen MR) is 92.1 cm³/mol. The Kier molecular flexibility index (Phi) is 4.34. The number of carboxylic acid groups (broad SMARTS) is 1. The van der Waals surface area contributed by atoms with Crippen LogP contribution in [0, 0.1) is 0 Å². The van der Waals surface area contributed by atoms with Crippen molar-refractivity contribution in [2.75, 3.05) is 11.4 Å². The van der Waals surface area contributed by atoms with Gasteiger partial charge in [0.15, 0.2) is 0 Å². The molecule has 5 nitrogen and oxygen atoms in total. The molecule has 2 heterocycles. The molecule has 2 aromatic rings. The van der Waals surface area contributed by atoms with Gasteiger partial charge in [-0.1, -0.05) is 13.0 Å². The zero-order valence-electron chi connectivity index (χ0n) is 13.8. The molecule has 5 heteroatoms. The smallest absolute Gasteiger partial charge is 0.303 e. The summed E-state index contributed by atoms with van der Waals surface area (Å²) in [5.41, 5.74) is 5.06. The van der Waals surface area contributed by atoms with Crippen molar-refractivity contribution in [2.24, 2.45) is 0 Å². The Morgan fingerprint density at radius 3 is 2.75 bits per heavy atom. The van der Waals surface area contributed by atoms with Crippen LogP contribution < -0.4 is 4.90 Å². The first-order chi connectivity index (χ1) is 11.5. The third-order valence-electron chi connectivity index (χ3n) is 4.50. The van der Waals surface area contributed by atoms with Crippen LogP contribution in [0.5, 0.6) is 0 Å².